The number of nitrogens with zero attached hydrogens (tertiary/aromatic N) is 4. The molecule has 0 spiro atoms. The van der Waals surface area contributed by atoms with Gasteiger partial charge in [0.25, 0.3) is 5.91 Å². The van der Waals surface area contributed by atoms with Crippen LogP contribution >= 0.6 is 11.6 Å². The lowest BCUT2D eigenvalue weighted by Gasteiger charge is -2.41. The Bertz CT molecular complexity index is 1310. The molecule has 228 valence electrons. The van der Waals surface area contributed by atoms with E-state index in [0.29, 0.717) is 4.57 Å². The molecule has 1 N–H and O–H groups in total. The lowest BCUT2D eigenvalue weighted by molar-refractivity contribution is -0.138. The summed E-state index contributed by atoms with van der Waals surface area (Å²) >= 11 is 5.69. The van der Waals surface area contributed by atoms with E-state index in [4.69, 9.17) is 25.2 Å². The van der Waals surface area contributed by atoms with Gasteiger partial charge in [0, 0.05) is 6.20 Å². The topological polar surface area (TPSA) is 117 Å². The Morgan fingerprint density at radius 2 is 1.71 bits per heavy atom. The second kappa shape index (κ2) is 11.5. The van der Waals surface area contributed by atoms with Crippen molar-refractivity contribution in [1.82, 2.24) is 19.5 Å². The van der Waals surface area contributed by atoms with E-state index in [-0.39, 0.29) is 33.3 Å². The maximum atomic E-state index is 16.2. The Morgan fingerprint density at radius 3 is 2.22 bits per heavy atom. The first-order valence-corrected chi connectivity index (χ1v) is 19.5. The quantitative estimate of drug-likeness (QED) is 0.359. The minimum Gasteiger partial charge on any atom is -0.414 e. The number of halogens is 3. The summed E-state index contributed by atoms with van der Waals surface area (Å²) in [6, 6.07) is 1.23. The molecule has 1 aliphatic heterocycles. The largest absolute Gasteiger partial charge is 0.414 e. The SMILES string of the molecule is CC(C)(C)[Si](C)(C)OC[C@H]1O[C@@H](n2ccc(NC(=O)c3cnc(Cl)cn3)nc2=O)C(F)(F)C1O[Si](C)(C)C(C)(C)C. The number of ether oxygens (including phenoxy) is 1. The van der Waals surface area contributed by atoms with Crippen LogP contribution in [0.3, 0.4) is 0 Å². The molecule has 1 aliphatic rings. The van der Waals surface area contributed by atoms with Gasteiger partial charge in [-0.1, -0.05) is 53.1 Å². The molecule has 3 rings (SSSR count). The first kappa shape index (κ1) is 33.4. The monoisotopic (exact) mass is 631 g/mol. The molecule has 0 saturated carbocycles. The van der Waals surface area contributed by atoms with Crippen LogP contribution in [-0.2, 0) is 13.6 Å². The number of alkyl halides is 2. The van der Waals surface area contributed by atoms with Gasteiger partial charge in [-0.3, -0.25) is 9.36 Å². The van der Waals surface area contributed by atoms with Crippen LogP contribution in [0.25, 0.3) is 0 Å². The number of aromatic nitrogens is 4. The van der Waals surface area contributed by atoms with Crippen LogP contribution in [0, 0.1) is 0 Å². The normalized spacial score (nSPS) is 21.6. The van der Waals surface area contributed by atoms with Gasteiger partial charge in [-0.2, -0.15) is 13.8 Å². The van der Waals surface area contributed by atoms with Gasteiger partial charge in [-0.05, 0) is 42.3 Å². The van der Waals surface area contributed by atoms with E-state index in [9.17, 15) is 9.59 Å². The summed E-state index contributed by atoms with van der Waals surface area (Å²) in [4.78, 5) is 36.8. The smallest absolute Gasteiger partial charge is 0.351 e. The Labute approximate surface area is 246 Å². The van der Waals surface area contributed by atoms with Gasteiger partial charge >= 0.3 is 11.6 Å². The maximum Gasteiger partial charge on any atom is 0.351 e. The fourth-order valence-corrected chi connectivity index (χ4v) is 5.93. The number of carbonyl (C=O) groups excluding carboxylic acids is 1. The van der Waals surface area contributed by atoms with E-state index in [0.717, 1.165) is 12.4 Å². The zero-order valence-corrected chi connectivity index (χ0v) is 28.0. The molecule has 15 heteroatoms. The van der Waals surface area contributed by atoms with E-state index in [1.165, 1.54) is 12.3 Å². The van der Waals surface area contributed by atoms with Gasteiger partial charge in [0.2, 0.25) is 6.23 Å². The molecular formula is C26H40ClF2N5O5Si2. The number of hydrogen-bond donors (Lipinski definition) is 1. The van der Waals surface area contributed by atoms with Gasteiger partial charge < -0.3 is 18.9 Å². The van der Waals surface area contributed by atoms with Crippen molar-refractivity contribution >= 4 is 40.0 Å². The van der Waals surface area contributed by atoms with Gasteiger partial charge in [0.1, 0.15) is 28.9 Å². The van der Waals surface area contributed by atoms with Crippen molar-refractivity contribution in [3.63, 3.8) is 0 Å². The fraction of sp³-hybridized carbons (Fsp3) is 0.654. The van der Waals surface area contributed by atoms with E-state index in [1.54, 1.807) is 0 Å². The summed E-state index contributed by atoms with van der Waals surface area (Å²) in [5.74, 6) is -4.44. The highest BCUT2D eigenvalue weighted by Gasteiger charge is 2.63. The van der Waals surface area contributed by atoms with Gasteiger partial charge in [0.15, 0.2) is 16.6 Å². The number of rotatable bonds is 8. The molecule has 3 heterocycles. The standard InChI is InChI=1S/C26H40ClF2N5O5Si2/c1-24(2,3)40(7,8)37-15-17-20(39-41(9,10)25(4,5)6)26(28,29)22(38-17)34-12-11-19(33-23(34)36)32-21(35)16-13-31-18(27)14-30-16/h11-14,17,20,22H,15H2,1-10H3,(H,32,33,35,36)/t17-,20?,22-/m1/s1. The van der Waals surface area contributed by atoms with E-state index in [1.807, 2.05) is 47.0 Å². The Balaban J connectivity index is 1.92. The molecule has 2 aromatic heterocycles. The minimum atomic E-state index is -3.59. The average Bonchev–Trinajstić information content (AvgIpc) is 3.06. The van der Waals surface area contributed by atoms with Crippen LogP contribution in [0.15, 0.2) is 29.5 Å². The molecule has 0 bridgehead atoms. The third-order valence-corrected chi connectivity index (χ3v) is 17.3. The lowest BCUT2D eigenvalue weighted by Crippen LogP contribution is -2.53. The predicted octanol–water partition coefficient (Wildman–Crippen LogP) is 5.88. The zero-order valence-electron chi connectivity index (χ0n) is 25.2. The Hall–Kier alpha value is -2.11. The summed E-state index contributed by atoms with van der Waals surface area (Å²) in [5, 5.41) is 2.00. The minimum absolute atomic E-state index is 0.0683. The van der Waals surface area contributed by atoms with Crippen LogP contribution in [0.2, 0.25) is 41.4 Å². The van der Waals surface area contributed by atoms with Crippen molar-refractivity contribution in [1.29, 1.82) is 0 Å². The van der Waals surface area contributed by atoms with Gasteiger partial charge in [0.05, 0.1) is 19.0 Å². The Morgan fingerprint density at radius 1 is 1.10 bits per heavy atom. The molecule has 3 atom stereocenters. The van der Waals surface area contributed by atoms with Crippen molar-refractivity contribution in [2.24, 2.45) is 0 Å². The Kier molecular flexibility index (Phi) is 9.39. The number of anilines is 1. The van der Waals surface area contributed by atoms with Crippen LogP contribution in [-0.4, -0.2) is 66.8 Å². The predicted molar refractivity (Wildman–Crippen MR) is 158 cm³/mol. The molecule has 1 saturated heterocycles. The van der Waals surface area contributed by atoms with Gasteiger partial charge in [-0.25, -0.2) is 14.8 Å². The second-order valence-corrected chi connectivity index (χ2v) is 23.2. The average molecular weight is 632 g/mol. The van der Waals surface area contributed by atoms with Crippen molar-refractivity contribution in [3.8, 4) is 0 Å². The van der Waals surface area contributed by atoms with E-state index < -0.39 is 52.6 Å². The summed E-state index contributed by atoms with van der Waals surface area (Å²) in [5.41, 5.74) is -1.10. The molecular weight excluding hydrogens is 592 g/mol. The molecule has 2 aromatic rings. The molecule has 1 fully saturated rings. The fourth-order valence-electron chi connectivity index (χ4n) is 3.52. The van der Waals surface area contributed by atoms with Crippen molar-refractivity contribution in [3.05, 3.63) is 46.0 Å². The highest BCUT2D eigenvalue weighted by molar-refractivity contribution is 6.74. The second-order valence-electron chi connectivity index (χ2n) is 13.3. The molecule has 0 aromatic carbocycles. The number of amides is 1. The first-order chi connectivity index (χ1) is 18.6. The summed E-state index contributed by atoms with van der Waals surface area (Å²) < 4.78 is 51.5. The van der Waals surface area contributed by atoms with Crippen molar-refractivity contribution in [2.75, 3.05) is 11.9 Å². The van der Waals surface area contributed by atoms with Crippen LogP contribution < -0.4 is 11.0 Å². The summed E-state index contributed by atoms with van der Waals surface area (Å²) in [7, 11) is -5.01. The highest BCUT2D eigenvalue weighted by Crippen LogP contribution is 2.48. The molecule has 1 unspecified atom stereocenters. The van der Waals surface area contributed by atoms with Crippen LogP contribution in [0.5, 0.6) is 0 Å². The highest BCUT2D eigenvalue weighted by atomic mass is 35.5. The first-order valence-electron chi connectivity index (χ1n) is 13.3. The summed E-state index contributed by atoms with van der Waals surface area (Å²) in [6.45, 7) is 19.8. The third kappa shape index (κ3) is 7.28. The van der Waals surface area contributed by atoms with E-state index >= 15 is 8.78 Å². The number of carbonyl (C=O) groups is 1. The van der Waals surface area contributed by atoms with Crippen LogP contribution in [0.4, 0.5) is 14.6 Å². The third-order valence-electron chi connectivity index (χ3n) is 8.17. The number of hydrogen-bond acceptors (Lipinski definition) is 8. The van der Waals surface area contributed by atoms with Gasteiger partial charge in [-0.15, -0.1) is 0 Å². The van der Waals surface area contributed by atoms with E-state index in [2.05, 4.69) is 41.0 Å². The molecule has 41 heavy (non-hydrogen) atoms. The molecule has 0 radical (unpaired) electrons. The molecule has 10 nitrogen and oxygen atoms in total. The van der Waals surface area contributed by atoms with Crippen LogP contribution in [0.1, 0.15) is 58.3 Å². The number of nitrogens with one attached hydrogen (secondary N) is 1. The maximum absolute atomic E-state index is 16.2. The van der Waals surface area contributed by atoms with Crippen molar-refractivity contribution in [2.45, 2.75) is 102 Å². The van der Waals surface area contributed by atoms with Crippen molar-refractivity contribution < 1.29 is 27.2 Å². The zero-order chi connectivity index (χ0) is 31.2. The molecule has 1 amide bonds. The summed E-state index contributed by atoms with van der Waals surface area (Å²) in [6.07, 6.45) is -1.31. The molecule has 0 aliphatic carbocycles. The lowest BCUT2D eigenvalue weighted by atomic mass is 10.1.